The van der Waals surface area contributed by atoms with Gasteiger partial charge in [0.15, 0.2) is 0 Å². The predicted molar refractivity (Wildman–Crippen MR) is 82.3 cm³/mol. The summed E-state index contributed by atoms with van der Waals surface area (Å²) in [4.78, 5) is 12.4. The lowest BCUT2D eigenvalue weighted by Gasteiger charge is -2.16. The summed E-state index contributed by atoms with van der Waals surface area (Å²) in [7, 11) is 0. The van der Waals surface area contributed by atoms with Crippen molar-refractivity contribution >= 4 is 5.78 Å². The molecule has 5 heteroatoms. The van der Waals surface area contributed by atoms with Crippen LogP contribution in [0.5, 0.6) is 0 Å². The number of carbonyl (C=O) groups excluding carboxylic acids is 1. The Labute approximate surface area is 127 Å². The van der Waals surface area contributed by atoms with E-state index in [4.69, 9.17) is 4.74 Å². The number of likely N-dealkylation sites (N-methyl/N-ethyl adjacent to an activating group) is 1. The van der Waals surface area contributed by atoms with Crippen LogP contribution in [0.25, 0.3) is 0 Å². The highest BCUT2D eigenvalue weighted by molar-refractivity contribution is 5.84. The lowest BCUT2D eigenvalue weighted by atomic mass is 9.95. The Balaban J connectivity index is 1.96. The third kappa shape index (κ3) is 3.92. The summed E-state index contributed by atoms with van der Waals surface area (Å²) >= 11 is 0. The zero-order chi connectivity index (χ0) is 15.2. The number of carbonyl (C=O) groups is 1. The number of ketones is 1. The molecule has 1 N–H and O–H groups in total. The van der Waals surface area contributed by atoms with Crippen LogP contribution < -0.4 is 5.32 Å². The summed E-state index contributed by atoms with van der Waals surface area (Å²) in [6, 6.07) is 2.55. The lowest BCUT2D eigenvalue weighted by molar-refractivity contribution is -0.122. The minimum atomic E-state index is -0.0387. The second kappa shape index (κ2) is 7.71. The molecule has 2 atom stereocenters. The van der Waals surface area contributed by atoms with Gasteiger partial charge in [-0.05, 0) is 25.5 Å². The van der Waals surface area contributed by atoms with Crippen LogP contribution >= 0.6 is 0 Å². The van der Waals surface area contributed by atoms with E-state index < -0.39 is 0 Å². The Bertz CT molecular complexity index is 454. The molecule has 1 saturated heterocycles. The molecule has 1 aliphatic heterocycles. The molecule has 5 nitrogen and oxygen atoms in total. The fourth-order valence-corrected chi connectivity index (χ4v) is 2.98. The van der Waals surface area contributed by atoms with E-state index in [1.54, 1.807) is 0 Å². The fraction of sp³-hybridized carbons (Fsp3) is 0.750. The number of ether oxygens (including phenoxy) is 1. The summed E-state index contributed by atoms with van der Waals surface area (Å²) in [5.41, 5.74) is 0.869. The quantitative estimate of drug-likeness (QED) is 0.796. The van der Waals surface area contributed by atoms with Crippen molar-refractivity contribution in [3.05, 3.63) is 18.0 Å². The van der Waals surface area contributed by atoms with Gasteiger partial charge in [-0.3, -0.25) is 9.48 Å². The van der Waals surface area contributed by atoms with Crippen LogP contribution in [0.15, 0.2) is 12.3 Å². The molecule has 118 valence electrons. The van der Waals surface area contributed by atoms with Crippen molar-refractivity contribution in [3.8, 4) is 0 Å². The zero-order valence-electron chi connectivity index (χ0n) is 13.3. The van der Waals surface area contributed by atoms with E-state index in [9.17, 15) is 4.79 Å². The number of Topliss-reactive ketones (excluding diaryl/α,β-unsaturated/α-hetero) is 1. The SMILES string of the molecule is CCNC1COCC1C(=O)Cc1ccn(C(CC)CC)n1. The van der Waals surface area contributed by atoms with Crippen LogP contribution in [-0.4, -0.2) is 41.4 Å². The van der Waals surface area contributed by atoms with Crippen molar-refractivity contribution in [2.24, 2.45) is 5.92 Å². The van der Waals surface area contributed by atoms with Gasteiger partial charge in [0.2, 0.25) is 0 Å². The molecular weight excluding hydrogens is 266 g/mol. The standard InChI is InChI=1S/C16H27N3O2/c1-4-13(5-2)19-8-7-12(18-19)9-16(20)14-10-21-11-15(14)17-6-3/h7-8,13-15,17H,4-6,9-11H2,1-3H3. The monoisotopic (exact) mass is 293 g/mol. The van der Waals surface area contributed by atoms with Crippen LogP contribution in [0.1, 0.15) is 45.3 Å². The van der Waals surface area contributed by atoms with Crippen molar-refractivity contribution in [1.29, 1.82) is 0 Å². The summed E-state index contributed by atoms with van der Waals surface area (Å²) in [6.45, 7) is 8.41. The summed E-state index contributed by atoms with van der Waals surface area (Å²) in [5, 5.41) is 7.90. The van der Waals surface area contributed by atoms with Crippen molar-refractivity contribution < 1.29 is 9.53 Å². The number of nitrogens with one attached hydrogen (secondary N) is 1. The largest absolute Gasteiger partial charge is 0.379 e. The Morgan fingerprint density at radius 2 is 2.19 bits per heavy atom. The van der Waals surface area contributed by atoms with Crippen molar-refractivity contribution in [2.45, 2.75) is 52.1 Å². The van der Waals surface area contributed by atoms with Gasteiger partial charge >= 0.3 is 0 Å². The lowest BCUT2D eigenvalue weighted by Crippen LogP contribution is -2.39. The van der Waals surface area contributed by atoms with Crippen molar-refractivity contribution in [2.75, 3.05) is 19.8 Å². The van der Waals surface area contributed by atoms with Gasteiger partial charge in [0.1, 0.15) is 5.78 Å². The molecule has 2 heterocycles. The first-order chi connectivity index (χ1) is 10.2. The second-order valence-corrected chi connectivity index (χ2v) is 5.71. The van der Waals surface area contributed by atoms with E-state index in [-0.39, 0.29) is 17.7 Å². The Morgan fingerprint density at radius 1 is 1.43 bits per heavy atom. The molecule has 1 aromatic rings. The van der Waals surface area contributed by atoms with Gasteiger partial charge in [0, 0.05) is 12.2 Å². The molecule has 0 amide bonds. The zero-order valence-corrected chi connectivity index (χ0v) is 13.3. The van der Waals surface area contributed by atoms with Crippen molar-refractivity contribution in [3.63, 3.8) is 0 Å². The first-order valence-electron chi connectivity index (χ1n) is 8.07. The fourth-order valence-electron chi connectivity index (χ4n) is 2.98. The second-order valence-electron chi connectivity index (χ2n) is 5.71. The van der Waals surface area contributed by atoms with E-state index in [0.29, 0.717) is 25.7 Å². The number of nitrogens with zero attached hydrogens (tertiary/aromatic N) is 2. The molecule has 1 fully saturated rings. The third-order valence-electron chi connectivity index (χ3n) is 4.30. The number of rotatable bonds is 8. The van der Waals surface area contributed by atoms with Gasteiger partial charge in [0.25, 0.3) is 0 Å². The molecule has 0 aliphatic carbocycles. The third-order valence-corrected chi connectivity index (χ3v) is 4.30. The van der Waals surface area contributed by atoms with Gasteiger partial charge in [-0.25, -0.2) is 0 Å². The van der Waals surface area contributed by atoms with Crippen LogP contribution in [0, 0.1) is 5.92 Å². The first kappa shape index (κ1) is 16.2. The topological polar surface area (TPSA) is 56.1 Å². The number of hydrogen-bond donors (Lipinski definition) is 1. The average molecular weight is 293 g/mol. The molecule has 1 aliphatic rings. The average Bonchev–Trinajstić information content (AvgIpc) is 3.10. The molecule has 0 bridgehead atoms. The smallest absolute Gasteiger partial charge is 0.145 e. The maximum absolute atomic E-state index is 12.4. The molecular formula is C16H27N3O2. The Kier molecular flexibility index (Phi) is 5.94. The van der Waals surface area contributed by atoms with E-state index in [2.05, 4.69) is 31.2 Å². The molecule has 0 saturated carbocycles. The van der Waals surface area contributed by atoms with Crippen molar-refractivity contribution in [1.82, 2.24) is 15.1 Å². The van der Waals surface area contributed by atoms with E-state index in [1.165, 1.54) is 0 Å². The summed E-state index contributed by atoms with van der Waals surface area (Å²) in [6.07, 6.45) is 4.52. The first-order valence-corrected chi connectivity index (χ1v) is 8.07. The molecule has 2 unspecified atom stereocenters. The highest BCUT2D eigenvalue weighted by atomic mass is 16.5. The maximum Gasteiger partial charge on any atom is 0.145 e. The number of hydrogen-bond acceptors (Lipinski definition) is 4. The number of aromatic nitrogens is 2. The van der Waals surface area contributed by atoms with Crippen LogP contribution in [0.2, 0.25) is 0 Å². The van der Waals surface area contributed by atoms with E-state index >= 15 is 0 Å². The molecule has 1 aromatic heterocycles. The Morgan fingerprint density at radius 3 is 2.86 bits per heavy atom. The van der Waals surface area contributed by atoms with Gasteiger partial charge in [-0.1, -0.05) is 20.8 Å². The highest BCUT2D eigenvalue weighted by Crippen LogP contribution is 2.18. The minimum Gasteiger partial charge on any atom is -0.379 e. The summed E-state index contributed by atoms with van der Waals surface area (Å²) < 4.78 is 7.45. The molecule has 0 aromatic carbocycles. The Hall–Kier alpha value is -1.20. The summed E-state index contributed by atoms with van der Waals surface area (Å²) in [5.74, 6) is 0.191. The van der Waals surface area contributed by atoms with Crippen LogP contribution in [0.4, 0.5) is 0 Å². The normalized spacial score (nSPS) is 22.1. The van der Waals surface area contributed by atoms with Crippen LogP contribution in [-0.2, 0) is 16.0 Å². The molecule has 0 radical (unpaired) electrons. The highest BCUT2D eigenvalue weighted by Gasteiger charge is 2.33. The predicted octanol–water partition coefficient (Wildman–Crippen LogP) is 1.98. The van der Waals surface area contributed by atoms with E-state index in [1.807, 2.05) is 16.9 Å². The minimum absolute atomic E-state index is 0.0387. The van der Waals surface area contributed by atoms with E-state index in [0.717, 1.165) is 25.1 Å². The van der Waals surface area contributed by atoms with Gasteiger partial charge in [0.05, 0.1) is 37.3 Å². The van der Waals surface area contributed by atoms with Gasteiger partial charge < -0.3 is 10.1 Å². The molecule has 2 rings (SSSR count). The maximum atomic E-state index is 12.4. The molecule has 0 spiro atoms. The molecule has 21 heavy (non-hydrogen) atoms. The van der Waals surface area contributed by atoms with Gasteiger partial charge in [-0.15, -0.1) is 0 Å². The van der Waals surface area contributed by atoms with Gasteiger partial charge in [-0.2, -0.15) is 5.10 Å². The van der Waals surface area contributed by atoms with Crippen LogP contribution in [0.3, 0.4) is 0 Å².